The van der Waals surface area contributed by atoms with E-state index in [-0.39, 0.29) is 11.6 Å². The largest absolute Gasteiger partial charge is 0.487 e. The predicted octanol–water partition coefficient (Wildman–Crippen LogP) is 4.31. The van der Waals surface area contributed by atoms with E-state index >= 15 is 0 Å². The van der Waals surface area contributed by atoms with Crippen LogP contribution in [-0.4, -0.2) is 5.16 Å². The van der Waals surface area contributed by atoms with Gasteiger partial charge in [0.15, 0.2) is 5.76 Å². The van der Waals surface area contributed by atoms with Crippen molar-refractivity contribution in [3.05, 3.63) is 59.2 Å². The van der Waals surface area contributed by atoms with Crippen molar-refractivity contribution < 1.29 is 18.1 Å². The summed E-state index contributed by atoms with van der Waals surface area (Å²) < 4.78 is 28.8. The lowest BCUT2D eigenvalue weighted by Crippen LogP contribution is -1.95. The minimum Gasteiger partial charge on any atom is -0.487 e. The Labute approximate surface area is 118 Å². The molecule has 1 aromatic carbocycles. The van der Waals surface area contributed by atoms with Crippen molar-refractivity contribution in [2.45, 2.75) is 6.61 Å². The van der Waals surface area contributed by atoms with E-state index in [1.54, 1.807) is 24.5 Å². The molecule has 0 amide bonds. The van der Waals surface area contributed by atoms with Crippen molar-refractivity contribution in [1.29, 1.82) is 0 Å². The van der Waals surface area contributed by atoms with Gasteiger partial charge >= 0.3 is 0 Å². The molecule has 3 rings (SSSR count). The van der Waals surface area contributed by atoms with Gasteiger partial charge in [0.25, 0.3) is 0 Å². The highest BCUT2D eigenvalue weighted by Crippen LogP contribution is 2.23. The summed E-state index contributed by atoms with van der Waals surface area (Å²) in [4.78, 5) is 0. The Morgan fingerprint density at radius 3 is 2.85 bits per heavy atom. The molecular formula is C14H9ClFNO3. The second-order valence-electron chi connectivity index (χ2n) is 4.02. The molecule has 0 atom stereocenters. The van der Waals surface area contributed by atoms with Gasteiger partial charge in [0.1, 0.15) is 23.9 Å². The number of hydrogen-bond donors (Lipinski definition) is 0. The molecular weight excluding hydrogens is 285 g/mol. The number of halogens is 2. The summed E-state index contributed by atoms with van der Waals surface area (Å²) in [6, 6.07) is 9.39. The van der Waals surface area contributed by atoms with E-state index in [1.807, 2.05) is 0 Å². The SMILES string of the molecule is Fc1ccc(OCc2cc(-c3ccco3)on2)cc1Cl. The van der Waals surface area contributed by atoms with Gasteiger partial charge in [-0.05, 0) is 24.3 Å². The molecule has 20 heavy (non-hydrogen) atoms. The van der Waals surface area contributed by atoms with Gasteiger partial charge < -0.3 is 13.7 Å². The van der Waals surface area contributed by atoms with Crippen LogP contribution in [0.25, 0.3) is 11.5 Å². The third-order valence-corrected chi connectivity index (χ3v) is 2.89. The van der Waals surface area contributed by atoms with Crippen LogP contribution >= 0.6 is 11.6 Å². The highest BCUT2D eigenvalue weighted by Gasteiger charge is 2.10. The molecule has 0 spiro atoms. The Morgan fingerprint density at radius 1 is 1.20 bits per heavy atom. The summed E-state index contributed by atoms with van der Waals surface area (Å²) in [7, 11) is 0. The number of ether oxygens (including phenoxy) is 1. The molecule has 0 bridgehead atoms. The molecule has 6 heteroatoms. The van der Waals surface area contributed by atoms with Crippen LogP contribution in [0.1, 0.15) is 5.69 Å². The van der Waals surface area contributed by atoms with Gasteiger partial charge in [-0.2, -0.15) is 0 Å². The van der Waals surface area contributed by atoms with E-state index < -0.39 is 5.82 Å². The zero-order valence-corrected chi connectivity index (χ0v) is 10.9. The molecule has 0 saturated carbocycles. The van der Waals surface area contributed by atoms with Gasteiger partial charge in [0.05, 0.1) is 11.3 Å². The topological polar surface area (TPSA) is 48.4 Å². The maximum Gasteiger partial charge on any atom is 0.202 e. The first-order valence-corrected chi connectivity index (χ1v) is 6.17. The van der Waals surface area contributed by atoms with Crippen molar-refractivity contribution in [3.63, 3.8) is 0 Å². The third-order valence-electron chi connectivity index (χ3n) is 2.60. The van der Waals surface area contributed by atoms with Gasteiger partial charge in [-0.25, -0.2) is 4.39 Å². The van der Waals surface area contributed by atoms with E-state index in [1.165, 1.54) is 18.2 Å². The monoisotopic (exact) mass is 293 g/mol. The van der Waals surface area contributed by atoms with Crippen molar-refractivity contribution >= 4 is 11.6 Å². The third kappa shape index (κ3) is 2.67. The quantitative estimate of drug-likeness (QED) is 0.719. The fourth-order valence-electron chi connectivity index (χ4n) is 1.64. The maximum atomic E-state index is 13.0. The van der Waals surface area contributed by atoms with Crippen LogP contribution in [-0.2, 0) is 6.61 Å². The van der Waals surface area contributed by atoms with Crippen molar-refractivity contribution in [3.8, 4) is 17.3 Å². The average Bonchev–Trinajstić information content (AvgIpc) is 3.09. The number of benzene rings is 1. The molecule has 102 valence electrons. The first-order valence-electron chi connectivity index (χ1n) is 5.80. The lowest BCUT2D eigenvalue weighted by Gasteiger charge is -2.04. The van der Waals surface area contributed by atoms with Gasteiger partial charge in [0.2, 0.25) is 5.76 Å². The van der Waals surface area contributed by atoms with Crippen LogP contribution in [0.2, 0.25) is 5.02 Å². The van der Waals surface area contributed by atoms with Crippen molar-refractivity contribution in [2.75, 3.05) is 0 Å². The lowest BCUT2D eigenvalue weighted by molar-refractivity contribution is 0.289. The summed E-state index contributed by atoms with van der Waals surface area (Å²) in [5.41, 5.74) is 0.594. The Morgan fingerprint density at radius 2 is 2.10 bits per heavy atom. The fraction of sp³-hybridized carbons (Fsp3) is 0.0714. The van der Waals surface area contributed by atoms with Gasteiger partial charge in [-0.3, -0.25) is 0 Å². The molecule has 0 N–H and O–H groups in total. The Bertz CT molecular complexity index is 709. The van der Waals surface area contributed by atoms with Crippen LogP contribution in [0.4, 0.5) is 4.39 Å². The minimum atomic E-state index is -0.486. The summed E-state index contributed by atoms with van der Waals surface area (Å²) >= 11 is 5.67. The first kappa shape index (κ1) is 12.7. The zero-order chi connectivity index (χ0) is 13.9. The molecule has 3 aromatic rings. The molecule has 2 aromatic heterocycles. The first-order chi connectivity index (χ1) is 9.72. The number of aromatic nitrogens is 1. The molecule has 0 fully saturated rings. The van der Waals surface area contributed by atoms with Crippen molar-refractivity contribution in [2.24, 2.45) is 0 Å². The Hall–Kier alpha value is -2.27. The molecule has 0 aliphatic rings. The number of hydrogen-bond acceptors (Lipinski definition) is 4. The summed E-state index contributed by atoms with van der Waals surface area (Å²) in [5.74, 6) is 1.08. The van der Waals surface area contributed by atoms with Crippen LogP contribution < -0.4 is 4.74 Å². The normalized spacial score (nSPS) is 10.7. The van der Waals surface area contributed by atoms with Crippen molar-refractivity contribution in [1.82, 2.24) is 5.16 Å². The van der Waals surface area contributed by atoms with Crippen LogP contribution in [0, 0.1) is 5.82 Å². The standard InChI is InChI=1S/C14H9ClFNO3/c15-11-7-10(3-4-12(11)16)19-8-9-6-14(20-17-9)13-2-1-5-18-13/h1-7H,8H2. The van der Waals surface area contributed by atoms with E-state index in [9.17, 15) is 4.39 Å². The van der Waals surface area contributed by atoms with Gasteiger partial charge in [-0.1, -0.05) is 16.8 Å². The Balaban J connectivity index is 1.68. The Kier molecular flexibility index (Phi) is 3.43. The number of furan rings is 1. The van der Waals surface area contributed by atoms with Crippen LogP contribution in [0.3, 0.4) is 0 Å². The maximum absolute atomic E-state index is 13.0. The van der Waals surface area contributed by atoms with E-state index in [0.717, 1.165) is 0 Å². The number of nitrogens with zero attached hydrogens (tertiary/aromatic N) is 1. The van der Waals surface area contributed by atoms with Gasteiger partial charge in [0, 0.05) is 12.1 Å². The second-order valence-corrected chi connectivity index (χ2v) is 4.43. The average molecular weight is 294 g/mol. The summed E-state index contributed by atoms with van der Waals surface area (Å²) in [6.45, 7) is 0.187. The van der Waals surface area contributed by atoms with E-state index in [0.29, 0.717) is 23.0 Å². The highest BCUT2D eigenvalue weighted by atomic mass is 35.5. The summed E-state index contributed by atoms with van der Waals surface area (Å²) in [5, 5.41) is 3.87. The molecule has 2 heterocycles. The smallest absolute Gasteiger partial charge is 0.202 e. The van der Waals surface area contributed by atoms with E-state index in [4.69, 9.17) is 25.3 Å². The zero-order valence-electron chi connectivity index (χ0n) is 10.2. The fourth-order valence-corrected chi connectivity index (χ4v) is 1.81. The van der Waals surface area contributed by atoms with Gasteiger partial charge in [-0.15, -0.1) is 0 Å². The predicted molar refractivity (Wildman–Crippen MR) is 69.9 cm³/mol. The number of rotatable bonds is 4. The lowest BCUT2D eigenvalue weighted by atomic mass is 10.3. The molecule has 0 aliphatic heterocycles. The molecule has 0 unspecified atom stereocenters. The van der Waals surface area contributed by atoms with Crippen LogP contribution in [0.5, 0.6) is 5.75 Å². The molecule has 0 saturated heterocycles. The summed E-state index contributed by atoms with van der Waals surface area (Å²) in [6.07, 6.45) is 1.55. The second kappa shape index (κ2) is 5.38. The highest BCUT2D eigenvalue weighted by molar-refractivity contribution is 6.30. The molecule has 4 nitrogen and oxygen atoms in total. The minimum absolute atomic E-state index is 0.0129. The molecule has 0 radical (unpaired) electrons. The molecule has 0 aliphatic carbocycles. The van der Waals surface area contributed by atoms with Crippen LogP contribution in [0.15, 0.2) is 51.6 Å². The van der Waals surface area contributed by atoms with E-state index in [2.05, 4.69) is 5.16 Å².